The lowest BCUT2D eigenvalue weighted by Crippen LogP contribution is -2.57. The summed E-state index contributed by atoms with van der Waals surface area (Å²) in [7, 11) is 0. The predicted molar refractivity (Wildman–Crippen MR) is 119 cm³/mol. The molecule has 7 rings (SSSR count). The zero-order valence-electron chi connectivity index (χ0n) is 16.7. The number of rotatable bonds is 2. The predicted octanol–water partition coefficient (Wildman–Crippen LogP) is 4.83. The summed E-state index contributed by atoms with van der Waals surface area (Å²) in [4.78, 5) is 35.9. The maximum atomic E-state index is 14.8. The van der Waals surface area contributed by atoms with Gasteiger partial charge in [-0.1, -0.05) is 48.5 Å². The molecule has 1 saturated heterocycles. The van der Waals surface area contributed by atoms with Crippen LogP contribution in [0.25, 0.3) is 0 Å². The first-order valence-corrected chi connectivity index (χ1v) is 10.9. The van der Waals surface area contributed by atoms with E-state index in [4.69, 9.17) is 23.2 Å². The molecule has 0 unspecified atom stereocenters. The lowest BCUT2D eigenvalue weighted by atomic mass is 9.54. The highest BCUT2D eigenvalue weighted by Crippen LogP contribution is 2.69. The molecule has 9 heteroatoms. The molecule has 33 heavy (non-hydrogen) atoms. The third kappa shape index (κ3) is 2.24. The van der Waals surface area contributed by atoms with E-state index in [9.17, 15) is 24.1 Å². The summed E-state index contributed by atoms with van der Waals surface area (Å²) < 4.78 is 14.8. The normalized spacial score (nSPS) is 29.0. The smallest absolute Gasteiger partial charge is 0.271 e. The minimum absolute atomic E-state index is 0.447. The van der Waals surface area contributed by atoms with E-state index in [1.54, 1.807) is 48.5 Å². The molecule has 4 aliphatic rings. The number of amides is 2. The minimum atomic E-state index is -1.41. The Morgan fingerprint density at radius 2 is 1.24 bits per heavy atom. The first kappa shape index (κ1) is 20.3. The molecule has 0 spiro atoms. The molecule has 0 N–H and O–H groups in total. The third-order valence-electron chi connectivity index (χ3n) is 6.97. The Morgan fingerprint density at radius 3 is 1.64 bits per heavy atom. The van der Waals surface area contributed by atoms with Gasteiger partial charge in [-0.2, -0.15) is 0 Å². The van der Waals surface area contributed by atoms with Crippen LogP contribution < -0.4 is 4.90 Å². The van der Waals surface area contributed by atoms with E-state index in [2.05, 4.69) is 0 Å². The summed E-state index contributed by atoms with van der Waals surface area (Å²) in [5.74, 6) is -4.65. The second-order valence-corrected chi connectivity index (χ2v) is 9.57. The zero-order chi connectivity index (χ0) is 23.3. The van der Waals surface area contributed by atoms with Crippen LogP contribution in [-0.4, -0.2) is 16.7 Å². The van der Waals surface area contributed by atoms with Crippen molar-refractivity contribution in [3.8, 4) is 0 Å². The number of nitro groups is 1. The van der Waals surface area contributed by atoms with Gasteiger partial charge in [0.2, 0.25) is 11.8 Å². The molecule has 2 bridgehead atoms. The number of imide groups is 1. The molecule has 0 aromatic heterocycles. The highest BCUT2D eigenvalue weighted by molar-refractivity contribution is 6.38. The Bertz CT molecular complexity index is 1300. The van der Waals surface area contributed by atoms with Crippen molar-refractivity contribution in [1.82, 2.24) is 0 Å². The van der Waals surface area contributed by atoms with E-state index >= 15 is 0 Å². The largest absolute Gasteiger partial charge is 0.274 e. The van der Waals surface area contributed by atoms with Gasteiger partial charge in [-0.3, -0.25) is 19.7 Å². The first-order valence-electron chi connectivity index (χ1n) is 10.1. The van der Waals surface area contributed by atoms with Crippen LogP contribution in [0.4, 0.5) is 15.8 Å². The number of non-ortho nitro benzene ring substituents is 1. The van der Waals surface area contributed by atoms with Gasteiger partial charge >= 0.3 is 0 Å². The molecule has 1 aliphatic heterocycles. The lowest BCUT2D eigenvalue weighted by molar-refractivity contribution is -0.384. The van der Waals surface area contributed by atoms with E-state index in [1.807, 2.05) is 0 Å². The van der Waals surface area contributed by atoms with Gasteiger partial charge in [0.05, 0.1) is 22.4 Å². The van der Waals surface area contributed by atoms with E-state index in [-0.39, 0.29) is 0 Å². The SMILES string of the molecule is O=C1[C@@H]2[C@@H](C(=O)N1c1cc([N+](=O)[O-])ccc1F)C1(Cl)c3ccccc3C2(Cl)c2ccccc21. The number of alkyl halides is 2. The summed E-state index contributed by atoms with van der Waals surface area (Å²) in [6.45, 7) is 0. The Morgan fingerprint density at radius 1 is 0.818 bits per heavy atom. The van der Waals surface area contributed by atoms with Crippen molar-refractivity contribution in [2.45, 2.75) is 9.75 Å². The minimum Gasteiger partial charge on any atom is -0.274 e. The van der Waals surface area contributed by atoms with E-state index < -0.39 is 55.5 Å². The molecule has 3 aromatic rings. The van der Waals surface area contributed by atoms with Gasteiger partial charge in [0.25, 0.3) is 5.69 Å². The summed E-state index contributed by atoms with van der Waals surface area (Å²) >= 11 is 14.6. The van der Waals surface area contributed by atoms with Gasteiger partial charge < -0.3 is 0 Å². The number of benzene rings is 3. The number of nitro benzene ring substituents is 1. The van der Waals surface area contributed by atoms with Gasteiger partial charge in [0.1, 0.15) is 15.6 Å². The lowest BCUT2D eigenvalue weighted by Gasteiger charge is -2.54. The number of hydrogen-bond acceptors (Lipinski definition) is 4. The number of carbonyl (C=O) groups excluding carboxylic acids is 2. The molecule has 0 saturated carbocycles. The van der Waals surface area contributed by atoms with Crippen LogP contribution >= 0.6 is 23.2 Å². The number of carbonyl (C=O) groups is 2. The second-order valence-electron chi connectivity index (χ2n) is 8.37. The fraction of sp³-hybridized carbons (Fsp3) is 0.167. The quantitative estimate of drug-likeness (QED) is 0.226. The molecule has 3 aliphatic carbocycles. The maximum Gasteiger partial charge on any atom is 0.271 e. The third-order valence-corrected chi connectivity index (χ3v) is 8.25. The Hall–Kier alpha value is -3.29. The van der Waals surface area contributed by atoms with Gasteiger partial charge in [-0.25, -0.2) is 9.29 Å². The van der Waals surface area contributed by atoms with E-state index in [0.717, 1.165) is 18.2 Å². The van der Waals surface area contributed by atoms with Crippen molar-refractivity contribution in [1.29, 1.82) is 0 Å². The van der Waals surface area contributed by atoms with Crippen LogP contribution in [0.3, 0.4) is 0 Å². The monoisotopic (exact) mass is 482 g/mol. The number of hydrogen-bond donors (Lipinski definition) is 0. The summed E-state index contributed by atoms with van der Waals surface area (Å²) in [5.41, 5.74) is 1.53. The van der Waals surface area contributed by atoms with E-state index in [0.29, 0.717) is 27.2 Å². The van der Waals surface area contributed by atoms with Crippen molar-refractivity contribution in [2.75, 3.05) is 4.90 Å². The Balaban J connectivity index is 1.64. The van der Waals surface area contributed by atoms with Crippen molar-refractivity contribution < 1.29 is 18.9 Å². The van der Waals surface area contributed by atoms with Crippen molar-refractivity contribution in [2.24, 2.45) is 11.8 Å². The molecule has 1 fully saturated rings. The molecule has 3 aromatic carbocycles. The molecule has 6 nitrogen and oxygen atoms in total. The van der Waals surface area contributed by atoms with Crippen molar-refractivity contribution >= 4 is 46.4 Å². The second kappa shape index (κ2) is 6.40. The summed E-state index contributed by atoms with van der Waals surface area (Å²) in [6.07, 6.45) is 0. The molecular weight excluding hydrogens is 470 g/mol. The average molecular weight is 483 g/mol. The van der Waals surface area contributed by atoms with Gasteiger partial charge in [0, 0.05) is 12.1 Å². The Kier molecular flexibility index (Phi) is 3.94. The maximum absolute atomic E-state index is 14.8. The fourth-order valence-electron chi connectivity index (χ4n) is 5.69. The number of anilines is 1. The van der Waals surface area contributed by atoms with Crippen molar-refractivity contribution in [3.63, 3.8) is 0 Å². The standard InChI is InChI=1S/C24H13Cl2FN2O4/c25-23-13-5-1-2-6-14(13)24(26,16-8-4-3-7-15(16)23)20-19(23)21(30)28(22(20)31)18-11-12(29(32)33)9-10-17(18)27/h1-11,19-20H/t19-,20-,23?,24?/m0/s1. The molecule has 0 radical (unpaired) electrons. The zero-order valence-corrected chi connectivity index (χ0v) is 18.2. The summed E-state index contributed by atoms with van der Waals surface area (Å²) in [5, 5.41) is 11.3. The molecule has 1 heterocycles. The number of nitrogens with zero attached hydrogens (tertiary/aromatic N) is 2. The Labute approximate surface area is 196 Å². The van der Waals surface area contributed by atoms with E-state index in [1.165, 1.54) is 0 Å². The van der Waals surface area contributed by atoms with Gasteiger partial charge in [0.15, 0.2) is 0 Å². The van der Waals surface area contributed by atoms with Crippen LogP contribution in [0.15, 0.2) is 66.7 Å². The van der Waals surface area contributed by atoms with Crippen LogP contribution in [0.2, 0.25) is 0 Å². The van der Waals surface area contributed by atoms with Crippen molar-refractivity contribution in [3.05, 3.63) is 105 Å². The molecule has 164 valence electrons. The van der Waals surface area contributed by atoms with Crippen LogP contribution in [0, 0.1) is 27.8 Å². The highest BCUT2D eigenvalue weighted by Gasteiger charge is 2.73. The fourth-order valence-corrected chi connectivity index (χ4v) is 6.79. The topological polar surface area (TPSA) is 80.5 Å². The van der Waals surface area contributed by atoms with Gasteiger partial charge in [-0.05, 0) is 28.3 Å². The van der Waals surface area contributed by atoms with Crippen LogP contribution in [0.5, 0.6) is 0 Å². The molecule has 2 amide bonds. The van der Waals surface area contributed by atoms with Crippen LogP contribution in [-0.2, 0) is 19.3 Å². The number of halogens is 3. The molecular formula is C24H13Cl2FN2O4. The summed E-state index contributed by atoms with van der Waals surface area (Å²) in [6, 6.07) is 16.9. The average Bonchev–Trinajstić information content (AvgIpc) is 3.09. The first-order chi connectivity index (χ1) is 15.7. The molecule has 2 atom stereocenters. The van der Waals surface area contributed by atoms with Gasteiger partial charge in [-0.15, -0.1) is 23.2 Å². The van der Waals surface area contributed by atoms with Crippen LogP contribution in [0.1, 0.15) is 22.3 Å². The highest BCUT2D eigenvalue weighted by atomic mass is 35.5.